The van der Waals surface area contributed by atoms with Crippen molar-refractivity contribution >= 4 is 62.9 Å². The summed E-state index contributed by atoms with van der Waals surface area (Å²) in [5.74, 6) is -1.69. The number of likely N-dealkylation sites (N-methyl/N-ethyl adjacent to an activating group) is 1. The first-order chi connectivity index (χ1) is 36.6. The van der Waals surface area contributed by atoms with Crippen LogP contribution in [0.5, 0.6) is 23.0 Å². The normalized spacial score (nSPS) is 15.4. The first-order valence-electron chi connectivity index (χ1n) is 24.5. The van der Waals surface area contributed by atoms with Gasteiger partial charge in [-0.2, -0.15) is 0 Å². The number of benzene rings is 4. The number of piperazine rings is 1. The topological polar surface area (TPSA) is 171 Å². The van der Waals surface area contributed by atoms with Gasteiger partial charge in [-0.15, -0.1) is 0 Å². The zero-order valence-electron chi connectivity index (χ0n) is 40.9. The van der Waals surface area contributed by atoms with Crippen LogP contribution in [0, 0.1) is 34.1 Å². The molecule has 1 saturated heterocycles. The SMILES string of the molecule is CN1CCN(c2cnc3c(Oc4ccc(CC(=O)C5(C(=O)Cc6ccc(F)cc6)CC5)cc4F)ccnc3n2)CC1.O=C(Cc1ccc(F)cc1)C1(C(=O)Cc2ccc(Oc3ccnc4nc(Cl)cnc34)c(F)c2)CC1. The van der Waals surface area contributed by atoms with Crippen LogP contribution in [-0.2, 0) is 44.9 Å². The van der Waals surface area contributed by atoms with Gasteiger partial charge in [-0.25, -0.2) is 47.5 Å². The average molecular weight is 1050 g/mol. The maximum atomic E-state index is 15.1. The van der Waals surface area contributed by atoms with Crippen LogP contribution in [0.2, 0.25) is 5.15 Å². The zero-order chi connectivity index (χ0) is 53.1. The quantitative estimate of drug-likeness (QED) is 0.0623. The van der Waals surface area contributed by atoms with Crippen molar-refractivity contribution in [2.75, 3.05) is 38.1 Å². The van der Waals surface area contributed by atoms with E-state index >= 15 is 4.39 Å². The second kappa shape index (κ2) is 21.6. The van der Waals surface area contributed by atoms with E-state index in [1.807, 2.05) is 0 Å². The number of carbonyl (C=O) groups is 4. The van der Waals surface area contributed by atoms with Crippen LogP contribution < -0.4 is 14.4 Å². The van der Waals surface area contributed by atoms with E-state index in [9.17, 15) is 32.3 Å². The third-order valence-corrected chi connectivity index (χ3v) is 14.1. The Bertz CT molecular complexity index is 3540. The van der Waals surface area contributed by atoms with Crippen LogP contribution in [0.4, 0.5) is 23.4 Å². The van der Waals surface area contributed by atoms with Gasteiger partial charge in [-0.05, 0) is 104 Å². The van der Waals surface area contributed by atoms with Crippen molar-refractivity contribution < 1.29 is 46.2 Å². The van der Waals surface area contributed by atoms with E-state index in [1.54, 1.807) is 42.7 Å². The Morgan fingerprint density at radius 1 is 0.513 bits per heavy atom. The van der Waals surface area contributed by atoms with Crippen molar-refractivity contribution in [1.29, 1.82) is 0 Å². The molecular formula is C57H47ClF4N8O6. The van der Waals surface area contributed by atoms with E-state index in [0.717, 1.165) is 32.0 Å². The summed E-state index contributed by atoms with van der Waals surface area (Å²) in [7, 11) is 2.08. The van der Waals surface area contributed by atoms with Gasteiger partial charge in [0.2, 0.25) is 0 Å². The summed E-state index contributed by atoms with van der Waals surface area (Å²) >= 11 is 5.84. The molecule has 0 N–H and O–H groups in total. The number of pyridine rings is 2. The molecule has 3 aliphatic rings. The van der Waals surface area contributed by atoms with Gasteiger partial charge in [-0.3, -0.25) is 19.2 Å². The lowest BCUT2D eigenvalue weighted by Crippen LogP contribution is -2.44. The number of fused-ring (bicyclic) bond motifs is 2. The molecule has 0 atom stereocenters. The van der Waals surface area contributed by atoms with Gasteiger partial charge in [0.05, 0.1) is 23.2 Å². The van der Waals surface area contributed by atoms with Crippen LogP contribution in [-0.4, -0.2) is 91.2 Å². The predicted molar refractivity (Wildman–Crippen MR) is 273 cm³/mol. The number of nitrogens with zero attached hydrogens (tertiary/aromatic N) is 8. The van der Waals surface area contributed by atoms with E-state index in [2.05, 4.69) is 46.8 Å². The number of halogens is 5. The number of ketones is 4. The van der Waals surface area contributed by atoms with Gasteiger partial charge in [-0.1, -0.05) is 48.0 Å². The number of hydrogen-bond acceptors (Lipinski definition) is 14. The Labute approximate surface area is 438 Å². The Hall–Kier alpha value is -8.09. The average Bonchev–Trinajstić information content (AvgIpc) is 4.39. The highest BCUT2D eigenvalue weighted by molar-refractivity contribution is 6.29. The van der Waals surface area contributed by atoms with Gasteiger partial charge >= 0.3 is 0 Å². The minimum absolute atomic E-state index is 0.0211. The van der Waals surface area contributed by atoms with E-state index in [0.29, 0.717) is 70.4 Å². The lowest BCUT2D eigenvalue weighted by atomic mass is 9.88. The molecule has 11 rings (SSSR count). The maximum absolute atomic E-state index is 15.1. The molecule has 76 heavy (non-hydrogen) atoms. The monoisotopic (exact) mass is 1050 g/mol. The molecule has 4 aromatic carbocycles. The third kappa shape index (κ3) is 11.4. The molecule has 386 valence electrons. The summed E-state index contributed by atoms with van der Waals surface area (Å²) in [6.07, 6.45) is 7.88. The zero-order valence-corrected chi connectivity index (χ0v) is 41.7. The number of anilines is 1. The van der Waals surface area contributed by atoms with Crippen LogP contribution in [0.25, 0.3) is 22.3 Å². The fourth-order valence-electron chi connectivity index (χ4n) is 9.13. The number of Topliss-reactive ketones (excluding diaryl/α,β-unsaturated/α-hetero) is 4. The van der Waals surface area contributed by atoms with Crippen molar-refractivity contribution in [3.05, 3.63) is 173 Å². The molecule has 0 radical (unpaired) electrons. The fourth-order valence-corrected chi connectivity index (χ4v) is 9.26. The maximum Gasteiger partial charge on any atom is 0.184 e. The first-order valence-corrected chi connectivity index (χ1v) is 24.9. The highest BCUT2D eigenvalue weighted by Crippen LogP contribution is 2.50. The van der Waals surface area contributed by atoms with E-state index in [4.69, 9.17) is 21.1 Å². The molecule has 2 saturated carbocycles. The number of rotatable bonds is 17. The highest BCUT2D eigenvalue weighted by Gasteiger charge is 2.55. The van der Waals surface area contributed by atoms with Crippen molar-refractivity contribution in [2.24, 2.45) is 10.8 Å². The molecule has 2 aliphatic carbocycles. The second-order valence-corrected chi connectivity index (χ2v) is 19.6. The number of aromatic nitrogens is 6. The lowest BCUT2D eigenvalue weighted by Gasteiger charge is -2.32. The molecule has 3 fully saturated rings. The van der Waals surface area contributed by atoms with E-state index in [1.165, 1.54) is 79.1 Å². The summed E-state index contributed by atoms with van der Waals surface area (Å²) in [6, 6.07) is 23.0. The summed E-state index contributed by atoms with van der Waals surface area (Å²) in [6.45, 7) is 3.56. The summed E-state index contributed by atoms with van der Waals surface area (Å²) in [5, 5.41) is 0.173. The summed E-state index contributed by atoms with van der Waals surface area (Å²) < 4.78 is 67.8. The van der Waals surface area contributed by atoms with Crippen LogP contribution >= 0.6 is 11.6 Å². The molecule has 5 heterocycles. The summed E-state index contributed by atoms with van der Waals surface area (Å²) in [4.78, 5) is 82.0. The Morgan fingerprint density at radius 3 is 1.36 bits per heavy atom. The van der Waals surface area contributed by atoms with E-state index < -0.39 is 22.5 Å². The van der Waals surface area contributed by atoms with Crippen LogP contribution in [0.15, 0.2) is 122 Å². The molecular weight excluding hydrogens is 1000 g/mol. The van der Waals surface area contributed by atoms with Crippen molar-refractivity contribution in [3.63, 3.8) is 0 Å². The molecule has 0 spiro atoms. The fraction of sp³-hybridized carbons (Fsp3) is 0.263. The molecule has 19 heteroatoms. The minimum Gasteiger partial charge on any atom is -0.452 e. The van der Waals surface area contributed by atoms with Crippen molar-refractivity contribution in [3.8, 4) is 23.0 Å². The number of ether oxygens (including phenoxy) is 2. The van der Waals surface area contributed by atoms with Gasteiger partial charge in [0.15, 0.2) is 80.1 Å². The first kappa shape index (κ1) is 51.4. The third-order valence-electron chi connectivity index (χ3n) is 14.0. The predicted octanol–water partition coefficient (Wildman–Crippen LogP) is 10.0. The molecule has 1 aliphatic heterocycles. The molecule has 14 nitrogen and oxygen atoms in total. The minimum atomic E-state index is -1.05. The van der Waals surface area contributed by atoms with Gasteiger partial charge in [0.1, 0.15) is 22.6 Å². The lowest BCUT2D eigenvalue weighted by molar-refractivity contribution is -0.135. The van der Waals surface area contributed by atoms with Crippen molar-refractivity contribution in [1.82, 2.24) is 34.8 Å². The molecule has 0 bridgehead atoms. The Morgan fingerprint density at radius 2 is 0.921 bits per heavy atom. The standard InChI is InChI=1S/C31H29F2N5O3.C26H18ClF2N3O3/c1-37-12-14-38(15-13-37)28-19-35-29-25(8-11-34-30(29)36-28)41-24-7-4-21(16-23(24)33)18-27(40)31(9-10-31)26(39)17-20-2-5-22(32)6-3-20;27-23-14-31-24-20(7-10-30-25(24)32-23)35-19-6-3-16(11-18(19)29)13-22(34)26(8-9-26)21(33)12-15-1-4-17(28)5-2-15/h2-8,11,16,19H,9-10,12-15,17-18H2,1H3;1-7,10-11,14H,8-9,12-13H2. The smallest absolute Gasteiger partial charge is 0.184 e. The van der Waals surface area contributed by atoms with Crippen molar-refractivity contribution in [2.45, 2.75) is 51.4 Å². The number of hydrogen-bond donors (Lipinski definition) is 0. The molecule has 0 amide bonds. The Kier molecular flexibility index (Phi) is 14.6. The van der Waals surface area contributed by atoms with Crippen LogP contribution in [0.1, 0.15) is 47.9 Å². The van der Waals surface area contributed by atoms with Gasteiger partial charge in [0.25, 0.3) is 0 Å². The highest BCUT2D eigenvalue weighted by atomic mass is 35.5. The van der Waals surface area contributed by atoms with E-state index in [-0.39, 0.29) is 88.5 Å². The molecule has 4 aromatic heterocycles. The molecule has 8 aromatic rings. The second-order valence-electron chi connectivity index (χ2n) is 19.2. The number of carbonyl (C=O) groups excluding carboxylic acids is 4. The van der Waals surface area contributed by atoms with Crippen LogP contribution in [0.3, 0.4) is 0 Å². The van der Waals surface area contributed by atoms with Gasteiger partial charge in [0, 0.05) is 76.4 Å². The summed E-state index contributed by atoms with van der Waals surface area (Å²) in [5.41, 5.74) is 1.52. The Balaban J connectivity index is 0.000000175. The largest absolute Gasteiger partial charge is 0.452 e. The van der Waals surface area contributed by atoms with Gasteiger partial charge < -0.3 is 19.3 Å². The molecule has 0 unspecified atom stereocenters.